The molecule has 1 fully saturated rings. The zero-order chi connectivity index (χ0) is 16.1. The first-order chi connectivity index (χ1) is 11.1. The smallest absolute Gasteiger partial charge is 0.249 e. The van der Waals surface area contributed by atoms with Crippen LogP contribution in [0.1, 0.15) is 16.5 Å². The fourth-order valence-corrected chi connectivity index (χ4v) is 4.25. The van der Waals surface area contributed by atoms with Crippen molar-refractivity contribution in [2.45, 2.75) is 18.3 Å². The fourth-order valence-electron chi connectivity index (χ4n) is 2.80. The van der Waals surface area contributed by atoms with Gasteiger partial charge < -0.3 is 4.98 Å². The number of pyridine rings is 1. The number of nitrogens with one attached hydrogen (secondary N) is 1. The number of anilines is 1. The highest BCUT2D eigenvalue weighted by molar-refractivity contribution is 7.71. The van der Waals surface area contributed by atoms with Crippen molar-refractivity contribution in [2.75, 3.05) is 4.90 Å². The number of amides is 1. The summed E-state index contributed by atoms with van der Waals surface area (Å²) in [6.07, 6.45) is 1.76. The minimum Gasteiger partial charge on any atom is -0.346 e. The van der Waals surface area contributed by atoms with Gasteiger partial charge in [0.25, 0.3) is 0 Å². The third-order valence-electron chi connectivity index (χ3n) is 3.94. The minimum absolute atomic E-state index is 0.131. The molecule has 2 aromatic heterocycles. The lowest BCUT2D eigenvalue weighted by atomic mass is 9.94. The van der Waals surface area contributed by atoms with E-state index in [1.807, 2.05) is 37.3 Å². The van der Waals surface area contributed by atoms with Crippen molar-refractivity contribution < 1.29 is 4.79 Å². The number of hydrogen-bond acceptors (Lipinski definition) is 4. The number of nitrogens with zero attached hydrogens (tertiary/aromatic N) is 2. The van der Waals surface area contributed by atoms with Crippen LogP contribution < -0.4 is 4.90 Å². The first-order valence-corrected chi connectivity index (χ1v) is 8.74. The number of aromatic amines is 1. The Kier molecular flexibility index (Phi) is 3.48. The maximum atomic E-state index is 12.2. The van der Waals surface area contributed by atoms with Crippen molar-refractivity contribution in [3.63, 3.8) is 0 Å². The molecule has 4 rings (SSSR count). The Bertz CT molecular complexity index is 981. The van der Waals surface area contributed by atoms with Crippen LogP contribution in [0.5, 0.6) is 0 Å². The lowest BCUT2D eigenvalue weighted by Crippen LogP contribution is -2.56. The molecule has 1 aliphatic rings. The SMILES string of the molecule is Cc1cnc(N2C(=O)C(Cl)C2c2cc3ccccc3[nH]c2=S)s1. The van der Waals surface area contributed by atoms with Gasteiger partial charge in [-0.05, 0) is 24.4 Å². The number of β-lactam (4-membered cyclic amide) rings is 1. The summed E-state index contributed by atoms with van der Waals surface area (Å²) in [6, 6.07) is 9.62. The topological polar surface area (TPSA) is 49.0 Å². The molecule has 0 spiro atoms. The monoisotopic (exact) mass is 361 g/mol. The van der Waals surface area contributed by atoms with Gasteiger partial charge in [-0.3, -0.25) is 9.69 Å². The molecule has 2 atom stereocenters. The third-order valence-corrected chi connectivity index (χ3v) is 5.62. The standard InChI is InChI=1S/C16H12ClN3OS2/c1-8-7-18-16(23-8)20-13(12(17)15(20)21)10-6-9-4-2-3-5-11(9)19-14(10)22/h2-7,12-13H,1H3,(H,19,22). The number of thiazole rings is 1. The second-order valence-corrected chi connectivity index (χ2v) is 7.54. The normalized spacial score (nSPS) is 20.8. The zero-order valence-electron chi connectivity index (χ0n) is 12.1. The van der Waals surface area contributed by atoms with Gasteiger partial charge in [0, 0.05) is 22.2 Å². The van der Waals surface area contributed by atoms with E-state index >= 15 is 0 Å². The number of hydrogen-bond donors (Lipinski definition) is 1. The molecule has 1 aromatic carbocycles. The number of fused-ring (bicyclic) bond motifs is 1. The van der Waals surface area contributed by atoms with E-state index in [0.717, 1.165) is 21.3 Å². The predicted octanol–water partition coefficient (Wildman–Crippen LogP) is 4.36. The number of H-pyrrole nitrogens is 1. The molecule has 3 heterocycles. The zero-order valence-corrected chi connectivity index (χ0v) is 14.5. The molecular formula is C16H12ClN3OS2. The van der Waals surface area contributed by atoms with E-state index < -0.39 is 5.38 Å². The average Bonchev–Trinajstić information content (AvgIpc) is 2.97. The summed E-state index contributed by atoms with van der Waals surface area (Å²) >= 11 is 13.3. The van der Waals surface area contributed by atoms with Crippen LogP contribution >= 0.6 is 35.2 Å². The molecule has 0 bridgehead atoms. The van der Waals surface area contributed by atoms with Gasteiger partial charge in [0.15, 0.2) is 5.13 Å². The summed E-state index contributed by atoms with van der Waals surface area (Å²) in [5.41, 5.74) is 1.82. The molecular weight excluding hydrogens is 350 g/mol. The highest BCUT2D eigenvalue weighted by atomic mass is 35.5. The van der Waals surface area contributed by atoms with Gasteiger partial charge in [-0.2, -0.15) is 0 Å². The van der Waals surface area contributed by atoms with Crippen LogP contribution in [-0.2, 0) is 4.79 Å². The van der Waals surface area contributed by atoms with E-state index in [0.29, 0.717) is 9.77 Å². The van der Waals surface area contributed by atoms with Gasteiger partial charge in [-0.15, -0.1) is 22.9 Å². The number of benzene rings is 1. The van der Waals surface area contributed by atoms with E-state index in [1.165, 1.54) is 11.3 Å². The van der Waals surface area contributed by atoms with E-state index in [9.17, 15) is 4.79 Å². The molecule has 7 heteroatoms. The van der Waals surface area contributed by atoms with Crippen molar-refractivity contribution >= 4 is 57.1 Å². The molecule has 1 N–H and O–H groups in total. The molecule has 0 radical (unpaired) electrons. The highest BCUT2D eigenvalue weighted by Crippen LogP contribution is 2.44. The predicted molar refractivity (Wildman–Crippen MR) is 95.9 cm³/mol. The quantitative estimate of drug-likeness (QED) is 0.419. The van der Waals surface area contributed by atoms with Gasteiger partial charge in [-0.1, -0.05) is 30.4 Å². The first-order valence-electron chi connectivity index (χ1n) is 7.08. The second kappa shape index (κ2) is 5.40. The molecule has 2 unspecified atom stereocenters. The van der Waals surface area contributed by atoms with Gasteiger partial charge >= 0.3 is 0 Å². The highest BCUT2D eigenvalue weighted by Gasteiger charge is 2.49. The Morgan fingerprint density at radius 1 is 1.39 bits per heavy atom. The van der Waals surface area contributed by atoms with E-state index in [2.05, 4.69) is 9.97 Å². The van der Waals surface area contributed by atoms with Crippen molar-refractivity contribution in [1.29, 1.82) is 0 Å². The molecule has 23 heavy (non-hydrogen) atoms. The Morgan fingerprint density at radius 2 is 2.17 bits per heavy atom. The number of alkyl halides is 1. The summed E-state index contributed by atoms with van der Waals surface area (Å²) in [5, 5.41) is 1.09. The number of carbonyl (C=O) groups is 1. The second-order valence-electron chi connectivity index (χ2n) is 5.45. The van der Waals surface area contributed by atoms with Crippen LogP contribution in [0.25, 0.3) is 10.9 Å². The fraction of sp³-hybridized carbons (Fsp3) is 0.188. The van der Waals surface area contributed by atoms with Gasteiger partial charge in [0.05, 0.1) is 6.04 Å². The van der Waals surface area contributed by atoms with Gasteiger partial charge in [0.1, 0.15) is 10.0 Å². The number of aryl methyl sites for hydroxylation is 1. The first kappa shape index (κ1) is 14.8. The summed E-state index contributed by atoms with van der Waals surface area (Å²) in [5.74, 6) is -0.131. The summed E-state index contributed by atoms with van der Waals surface area (Å²) in [7, 11) is 0. The van der Waals surface area contributed by atoms with Crippen molar-refractivity contribution in [2.24, 2.45) is 0 Å². The Morgan fingerprint density at radius 3 is 2.91 bits per heavy atom. The largest absolute Gasteiger partial charge is 0.346 e. The molecule has 116 valence electrons. The molecule has 3 aromatic rings. The number of para-hydroxylation sites is 1. The third kappa shape index (κ3) is 2.29. The molecule has 1 aliphatic heterocycles. The number of aromatic nitrogens is 2. The summed E-state index contributed by atoms with van der Waals surface area (Å²) < 4.78 is 0.602. The Labute approximate surface area is 146 Å². The van der Waals surface area contributed by atoms with Crippen LogP contribution in [0.15, 0.2) is 36.5 Å². The molecule has 1 saturated heterocycles. The van der Waals surface area contributed by atoms with Crippen LogP contribution in [0.3, 0.4) is 0 Å². The lowest BCUT2D eigenvalue weighted by molar-refractivity contribution is -0.123. The molecule has 1 amide bonds. The number of rotatable bonds is 2. The van der Waals surface area contributed by atoms with Crippen LogP contribution in [0, 0.1) is 11.6 Å². The summed E-state index contributed by atoms with van der Waals surface area (Å²) in [6.45, 7) is 1.96. The average molecular weight is 362 g/mol. The molecule has 4 nitrogen and oxygen atoms in total. The van der Waals surface area contributed by atoms with E-state index in [4.69, 9.17) is 23.8 Å². The number of halogens is 1. The number of carbonyl (C=O) groups excluding carboxylic acids is 1. The lowest BCUT2D eigenvalue weighted by Gasteiger charge is -2.42. The van der Waals surface area contributed by atoms with Crippen LogP contribution in [-0.4, -0.2) is 21.3 Å². The molecule has 0 aliphatic carbocycles. The van der Waals surface area contributed by atoms with Crippen LogP contribution in [0.2, 0.25) is 0 Å². The minimum atomic E-state index is -0.615. The maximum absolute atomic E-state index is 12.2. The van der Waals surface area contributed by atoms with E-state index in [1.54, 1.807) is 11.1 Å². The summed E-state index contributed by atoms with van der Waals surface area (Å²) in [4.78, 5) is 22.5. The van der Waals surface area contributed by atoms with Crippen molar-refractivity contribution in [1.82, 2.24) is 9.97 Å². The van der Waals surface area contributed by atoms with Crippen molar-refractivity contribution in [3.8, 4) is 0 Å². The van der Waals surface area contributed by atoms with Crippen molar-refractivity contribution in [3.05, 3.63) is 51.6 Å². The molecule has 0 saturated carbocycles. The Hall–Kier alpha value is -1.76. The van der Waals surface area contributed by atoms with Gasteiger partial charge in [0.2, 0.25) is 5.91 Å². The van der Waals surface area contributed by atoms with Gasteiger partial charge in [-0.25, -0.2) is 4.98 Å². The van der Waals surface area contributed by atoms with Crippen LogP contribution in [0.4, 0.5) is 5.13 Å². The Balaban J connectivity index is 1.84. The van der Waals surface area contributed by atoms with E-state index in [-0.39, 0.29) is 11.9 Å². The maximum Gasteiger partial charge on any atom is 0.249 e.